The van der Waals surface area contributed by atoms with Gasteiger partial charge in [0, 0.05) is 11.1 Å². The Morgan fingerprint density at radius 1 is 0.912 bits per heavy atom. The van der Waals surface area contributed by atoms with E-state index < -0.39 is 0 Å². The molecule has 7 heteroatoms. The van der Waals surface area contributed by atoms with Crippen LogP contribution in [0.4, 0.5) is 5.69 Å². The smallest absolute Gasteiger partial charge is 0.267 e. The van der Waals surface area contributed by atoms with E-state index in [1.807, 2.05) is 79.7 Å². The lowest BCUT2D eigenvalue weighted by molar-refractivity contribution is -0.122. The Bertz CT molecular complexity index is 1240. The van der Waals surface area contributed by atoms with Crippen LogP contribution in [0.2, 0.25) is 0 Å². The van der Waals surface area contributed by atoms with E-state index in [1.54, 1.807) is 26.2 Å². The fourth-order valence-corrected chi connectivity index (χ4v) is 4.69. The molecule has 174 valence electrons. The Hall–Kier alpha value is -3.71. The van der Waals surface area contributed by atoms with Crippen molar-refractivity contribution in [2.24, 2.45) is 4.99 Å². The van der Waals surface area contributed by atoms with Crippen LogP contribution in [-0.4, -0.2) is 37.3 Å². The predicted molar refractivity (Wildman–Crippen MR) is 137 cm³/mol. The van der Waals surface area contributed by atoms with Crippen LogP contribution in [0.1, 0.15) is 16.7 Å². The molecular weight excluding hydrogens is 448 g/mol. The highest BCUT2D eigenvalue weighted by molar-refractivity contribution is 8.18. The van der Waals surface area contributed by atoms with E-state index in [1.165, 1.54) is 11.8 Å². The molecule has 3 aromatic rings. The van der Waals surface area contributed by atoms with Crippen molar-refractivity contribution < 1.29 is 19.0 Å². The van der Waals surface area contributed by atoms with Crippen molar-refractivity contribution >= 4 is 34.6 Å². The molecule has 1 heterocycles. The number of hydrogen-bond acceptors (Lipinski definition) is 6. The topological polar surface area (TPSA) is 60.4 Å². The summed E-state index contributed by atoms with van der Waals surface area (Å²) in [4.78, 5) is 20.6. The molecule has 1 saturated heterocycles. The number of benzene rings is 3. The number of carbonyl (C=O) groups is 1. The number of hydrogen-bond donors (Lipinski definition) is 0. The van der Waals surface area contributed by atoms with Crippen molar-refractivity contribution in [3.63, 3.8) is 0 Å². The van der Waals surface area contributed by atoms with Gasteiger partial charge >= 0.3 is 0 Å². The summed E-state index contributed by atoms with van der Waals surface area (Å²) in [7, 11) is 4.87. The lowest BCUT2D eigenvalue weighted by Gasteiger charge is -2.16. The maximum atomic E-state index is 13.5. The number of carbonyl (C=O) groups excluding carboxylic acids is 1. The van der Waals surface area contributed by atoms with Gasteiger partial charge in [0.25, 0.3) is 5.91 Å². The van der Waals surface area contributed by atoms with Crippen LogP contribution < -0.4 is 14.2 Å². The summed E-state index contributed by atoms with van der Waals surface area (Å²) in [6.45, 7) is 2.33. The van der Waals surface area contributed by atoms with Gasteiger partial charge in [-0.05, 0) is 66.7 Å². The highest BCUT2D eigenvalue weighted by Gasteiger charge is 2.34. The SMILES string of the molecule is COc1ccc(CN2C(=O)C(=Cc3ccc(OC)c(C)c3OC)SC2=Nc2ccccc2)cc1. The second kappa shape index (κ2) is 10.5. The highest BCUT2D eigenvalue weighted by atomic mass is 32.2. The first-order chi connectivity index (χ1) is 16.5. The zero-order valence-electron chi connectivity index (χ0n) is 19.6. The van der Waals surface area contributed by atoms with Crippen LogP contribution >= 0.6 is 11.8 Å². The van der Waals surface area contributed by atoms with Gasteiger partial charge in [-0.15, -0.1) is 0 Å². The highest BCUT2D eigenvalue weighted by Crippen LogP contribution is 2.38. The Balaban J connectivity index is 1.72. The second-order valence-corrected chi connectivity index (χ2v) is 8.60. The first-order valence-corrected chi connectivity index (χ1v) is 11.6. The van der Waals surface area contributed by atoms with Gasteiger partial charge in [0.2, 0.25) is 0 Å². The second-order valence-electron chi connectivity index (χ2n) is 7.60. The minimum absolute atomic E-state index is 0.106. The quantitative estimate of drug-likeness (QED) is 0.404. The molecule has 1 aliphatic rings. The molecule has 0 N–H and O–H groups in total. The third-order valence-electron chi connectivity index (χ3n) is 5.47. The summed E-state index contributed by atoms with van der Waals surface area (Å²) in [5, 5.41) is 0.627. The molecule has 1 aliphatic heterocycles. The summed E-state index contributed by atoms with van der Waals surface area (Å²) in [5.74, 6) is 2.07. The lowest BCUT2D eigenvalue weighted by Crippen LogP contribution is -2.28. The fourth-order valence-electron chi connectivity index (χ4n) is 3.70. The Morgan fingerprint density at radius 3 is 2.29 bits per heavy atom. The van der Waals surface area contributed by atoms with E-state index in [4.69, 9.17) is 19.2 Å². The summed E-state index contributed by atoms with van der Waals surface area (Å²) in [5.41, 5.74) is 3.45. The number of rotatable bonds is 7. The van der Waals surface area contributed by atoms with Crippen LogP contribution in [0.15, 0.2) is 76.6 Å². The van der Waals surface area contributed by atoms with Crippen molar-refractivity contribution in [3.05, 3.63) is 88.3 Å². The van der Waals surface area contributed by atoms with Crippen LogP contribution in [-0.2, 0) is 11.3 Å². The Kier molecular flexibility index (Phi) is 7.23. The van der Waals surface area contributed by atoms with E-state index in [-0.39, 0.29) is 5.91 Å². The summed E-state index contributed by atoms with van der Waals surface area (Å²) in [6.07, 6.45) is 1.85. The van der Waals surface area contributed by atoms with Crippen LogP contribution in [0, 0.1) is 6.92 Å². The van der Waals surface area contributed by atoms with Gasteiger partial charge in [-0.25, -0.2) is 4.99 Å². The molecule has 0 radical (unpaired) electrons. The van der Waals surface area contributed by atoms with E-state index in [0.717, 1.165) is 33.9 Å². The van der Waals surface area contributed by atoms with Gasteiger partial charge in [-0.3, -0.25) is 9.69 Å². The van der Waals surface area contributed by atoms with Crippen molar-refractivity contribution in [1.82, 2.24) is 4.90 Å². The number of amidine groups is 1. The van der Waals surface area contributed by atoms with Gasteiger partial charge in [0.1, 0.15) is 17.2 Å². The van der Waals surface area contributed by atoms with E-state index in [0.29, 0.717) is 22.4 Å². The van der Waals surface area contributed by atoms with E-state index in [9.17, 15) is 4.79 Å². The zero-order chi connectivity index (χ0) is 24.1. The average Bonchev–Trinajstić information content (AvgIpc) is 3.14. The van der Waals surface area contributed by atoms with Gasteiger partial charge < -0.3 is 14.2 Å². The first-order valence-electron chi connectivity index (χ1n) is 10.7. The molecule has 6 nitrogen and oxygen atoms in total. The van der Waals surface area contributed by atoms with Gasteiger partial charge in [0.05, 0.1) is 38.5 Å². The van der Waals surface area contributed by atoms with Gasteiger partial charge in [0.15, 0.2) is 5.17 Å². The van der Waals surface area contributed by atoms with Crippen molar-refractivity contribution in [2.75, 3.05) is 21.3 Å². The average molecular weight is 475 g/mol. The predicted octanol–water partition coefficient (Wildman–Crippen LogP) is 5.83. The van der Waals surface area contributed by atoms with Crippen molar-refractivity contribution in [2.45, 2.75) is 13.5 Å². The number of nitrogens with zero attached hydrogens (tertiary/aromatic N) is 2. The molecule has 1 amide bonds. The largest absolute Gasteiger partial charge is 0.497 e. The van der Waals surface area contributed by atoms with Gasteiger partial charge in [-0.2, -0.15) is 0 Å². The fraction of sp³-hybridized carbons (Fsp3) is 0.185. The molecule has 0 unspecified atom stereocenters. The number of para-hydroxylation sites is 1. The standard InChI is InChI=1S/C27H26N2O4S/c1-18-23(32-3)15-12-20(25(18)33-4)16-24-26(30)29(17-19-10-13-22(31-2)14-11-19)27(34-24)28-21-8-6-5-7-9-21/h5-16H,17H2,1-4H3. The monoisotopic (exact) mass is 474 g/mol. The van der Waals surface area contributed by atoms with Crippen LogP contribution in [0.3, 0.4) is 0 Å². The molecule has 0 spiro atoms. The minimum Gasteiger partial charge on any atom is -0.497 e. The maximum absolute atomic E-state index is 13.5. The summed E-state index contributed by atoms with van der Waals surface area (Å²) < 4.78 is 16.3. The molecule has 0 atom stereocenters. The number of aliphatic imine (C=N–C) groups is 1. The molecule has 4 rings (SSSR count). The third-order valence-corrected chi connectivity index (χ3v) is 6.47. The number of amides is 1. The molecule has 0 saturated carbocycles. The number of methoxy groups -OCH3 is 3. The molecule has 34 heavy (non-hydrogen) atoms. The molecule has 0 aromatic heterocycles. The summed E-state index contributed by atoms with van der Waals surface area (Å²) in [6, 6.07) is 21.1. The maximum Gasteiger partial charge on any atom is 0.267 e. The van der Waals surface area contributed by atoms with Crippen LogP contribution in [0.5, 0.6) is 17.2 Å². The first kappa shape index (κ1) is 23.4. The van der Waals surface area contributed by atoms with Crippen molar-refractivity contribution in [3.8, 4) is 17.2 Å². The normalized spacial score (nSPS) is 15.8. The lowest BCUT2D eigenvalue weighted by atomic mass is 10.1. The molecule has 0 bridgehead atoms. The molecule has 0 aliphatic carbocycles. The summed E-state index contributed by atoms with van der Waals surface area (Å²) >= 11 is 1.35. The Labute approximate surface area is 203 Å². The zero-order valence-corrected chi connectivity index (χ0v) is 20.4. The third kappa shape index (κ3) is 4.94. The van der Waals surface area contributed by atoms with Crippen molar-refractivity contribution in [1.29, 1.82) is 0 Å². The van der Waals surface area contributed by atoms with E-state index in [2.05, 4.69) is 0 Å². The van der Waals surface area contributed by atoms with E-state index >= 15 is 0 Å². The number of thioether (sulfide) groups is 1. The Morgan fingerprint density at radius 2 is 1.65 bits per heavy atom. The van der Waals surface area contributed by atoms with Crippen LogP contribution in [0.25, 0.3) is 6.08 Å². The molecular formula is C27H26N2O4S. The number of ether oxygens (including phenoxy) is 3. The minimum atomic E-state index is -0.106. The molecule has 1 fully saturated rings. The van der Waals surface area contributed by atoms with Gasteiger partial charge in [-0.1, -0.05) is 30.3 Å². The molecule has 3 aromatic carbocycles.